The Bertz CT molecular complexity index is 839. The second-order valence-corrected chi connectivity index (χ2v) is 5.51. The third-order valence-electron chi connectivity index (χ3n) is 3.59. The van der Waals surface area contributed by atoms with Crippen LogP contribution < -0.4 is 10.2 Å². The van der Waals surface area contributed by atoms with Crippen LogP contribution in [0.15, 0.2) is 53.5 Å². The van der Waals surface area contributed by atoms with Gasteiger partial charge in [-0.05, 0) is 18.2 Å². The maximum Gasteiger partial charge on any atom is 0.328 e. The number of hydrogen-bond acceptors (Lipinski definition) is 3. The molecule has 0 saturated heterocycles. The summed E-state index contributed by atoms with van der Waals surface area (Å²) in [4.78, 5) is 29.1. The average Bonchev–Trinajstić information content (AvgIpc) is 2.70. The number of anilines is 1. The van der Waals surface area contributed by atoms with E-state index in [1.54, 1.807) is 30.3 Å². The number of fused-ring (bicyclic) bond motifs is 1. The van der Waals surface area contributed by atoms with Crippen LogP contribution in [0.1, 0.15) is 11.1 Å². The van der Waals surface area contributed by atoms with E-state index < -0.39 is 18.2 Å². The molecular formula is C17H13ClFN3O2. The molecule has 0 fully saturated rings. The Morgan fingerprint density at radius 2 is 1.96 bits per heavy atom. The molecule has 24 heavy (non-hydrogen) atoms. The molecule has 0 saturated carbocycles. The number of benzodiazepines with no additional fused rings is 1. The van der Waals surface area contributed by atoms with Crippen LogP contribution >= 0.6 is 11.6 Å². The smallest absolute Gasteiger partial charge is 0.328 e. The lowest BCUT2D eigenvalue weighted by Gasteiger charge is -2.21. The number of carbonyl (C=O) groups excluding carboxylic acids is 2. The fourth-order valence-corrected chi connectivity index (χ4v) is 2.68. The molecule has 2 aromatic carbocycles. The summed E-state index contributed by atoms with van der Waals surface area (Å²) < 4.78 is 14.4. The van der Waals surface area contributed by atoms with E-state index in [-0.39, 0.29) is 11.4 Å². The second kappa shape index (κ2) is 6.41. The Morgan fingerprint density at radius 1 is 1.25 bits per heavy atom. The molecule has 1 aliphatic heterocycles. The van der Waals surface area contributed by atoms with Gasteiger partial charge in [-0.15, -0.1) is 0 Å². The van der Waals surface area contributed by atoms with Gasteiger partial charge in [0.15, 0.2) is 0 Å². The fourth-order valence-electron chi connectivity index (χ4n) is 2.50. The minimum absolute atomic E-state index is 0.228. The predicted octanol–water partition coefficient (Wildman–Crippen LogP) is 3.16. The van der Waals surface area contributed by atoms with Crippen molar-refractivity contribution in [2.45, 2.75) is 6.30 Å². The minimum Gasteiger partial charge on any atom is -0.340 e. The normalized spacial score (nSPS) is 17.0. The van der Waals surface area contributed by atoms with E-state index >= 15 is 0 Å². The summed E-state index contributed by atoms with van der Waals surface area (Å²) in [5.41, 5.74) is 1.52. The molecule has 2 aromatic rings. The van der Waals surface area contributed by atoms with Gasteiger partial charge in [0.1, 0.15) is 0 Å². The zero-order valence-corrected chi connectivity index (χ0v) is 13.4. The summed E-state index contributed by atoms with van der Waals surface area (Å²) in [5.74, 6) is -1.05. The number of alkyl halides is 1. The molecule has 1 unspecified atom stereocenters. The Morgan fingerprint density at radius 3 is 2.62 bits per heavy atom. The van der Waals surface area contributed by atoms with E-state index in [1.807, 2.05) is 6.07 Å². The number of nitrogens with zero attached hydrogens (tertiary/aromatic N) is 2. The highest BCUT2D eigenvalue weighted by Crippen LogP contribution is 2.31. The number of benzene rings is 2. The predicted molar refractivity (Wildman–Crippen MR) is 90.4 cm³/mol. The number of carbonyl (C=O) groups is 2. The molecule has 0 bridgehead atoms. The summed E-state index contributed by atoms with van der Waals surface area (Å²) in [7, 11) is 1.36. The van der Waals surface area contributed by atoms with Crippen molar-refractivity contribution < 1.29 is 14.0 Å². The second-order valence-electron chi connectivity index (χ2n) is 5.07. The molecule has 0 aromatic heterocycles. The molecule has 0 spiro atoms. The molecule has 3 rings (SSSR count). The van der Waals surface area contributed by atoms with Crippen LogP contribution in [0, 0.1) is 0 Å². The summed E-state index contributed by atoms with van der Waals surface area (Å²) in [5, 5.41) is 2.73. The molecule has 1 aliphatic rings. The Hall–Kier alpha value is -2.73. The van der Waals surface area contributed by atoms with Gasteiger partial charge in [-0.1, -0.05) is 41.9 Å². The first kappa shape index (κ1) is 16.1. The topological polar surface area (TPSA) is 61.8 Å². The molecular weight excluding hydrogens is 333 g/mol. The van der Waals surface area contributed by atoms with Gasteiger partial charge in [-0.25, -0.2) is 19.1 Å². The highest BCUT2D eigenvalue weighted by atomic mass is 35.5. The van der Waals surface area contributed by atoms with Crippen LogP contribution in [0.4, 0.5) is 14.9 Å². The van der Waals surface area contributed by atoms with Crippen molar-refractivity contribution in [3.8, 4) is 0 Å². The van der Waals surface area contributed by atoms with Crippen LogP contribution in [0.25, 0.3) is 0 Å². The van der Waals surface area contributed by atoms with Crippen molar-refractivity contribution in [2.24, 2.45) is 4.99 Å². The molecule has 1 atom stereocenters. The van der Waals surface area contributed by atoms with Crippen LogP contribution in [0.3, 0.4) is 0 Å². The van der Waals surface area contributed by atoms with Crippen LogP contribution in [-0.4, -0.2) is 31.0 Å². The number of rotatable bonds is 1. The molecule has 1 N–H and O–H groups in total. The highest BCUT2D eigenvalue weighted by Gasteiger charge is 2.35. The molecule has 122 valence electrons. The lowest BCUT2D eigenvalue weighted by molar-refractivity contribution is -0.122. The molecule has 0 radical (unpaired) electrons. The van der Waals surface area contributed by atoms with Crippen LogP contribution in [0.2, 0.25) is 5.02 Å². The molecule has 1 heterocycles. The first-order valence-corrected chi connectivity index (χ1v) is 7.53. The van der Waals surface area contributed by atoms with Crippen molar-refractivity contribution in [3.63, 3.8) is 0 Å². The van der Waals surface area contributed by atoms with Crippen molar-refractivity contribution in [1.29, 1.82) is 0 Å². The number of halogens is 2. The molecule has 7 heteroatoms. The molecule has 0 aliphatic carbocycles. The lowest BCUT2D eigenvalue weighted by Crippen LogP contribution is -2.45. The van der Waals surface area contributed by atoms with Gasteiger partial charge in [0.05, 0.1) is 11.4 Å². The lowest BCUT2D eigenvalue weighted by atomic mass is 10.0. The number of imide groups is 1. The number of aliphatic imine (C=N–C) groups is 1. The maximum absolute atomic E-state index is 14.4. The number of amides is 3. The van der Waals surface area contributed by atoms with Gasteiger partial charge in [0.2, 0.25) is 0 Å². The number of hydrogen-bond donors (Lipinski definition) is 1. The van der Waals surface area contributed by atoms with E-state index in [1.165, 1.54) is 19.2 Å². The SMILES string of the molecule is CNC(=O)N1C(=O)C(F)N=C(c2ccccc2)c2cc(Cl)ccc21. The maximum atomic E-state index is 14.4. The molecule has 5 nitrogen and oxygen atoms in total. The largest absolute Gasteiger partial charge is 0.340 e. The van der Waals surface area contributed by atoms with Crippen LogP contribution in [-0.2, 0) is 4.79 Å². The summed E-state index contributed by atoms with van der Waals surface area (Å²) >= 11 is 6.06. The van der Waals surface area contributed by atoms with Crippen molar-refractivity contribution in [1.82, 2.24) is 5.32 Å². The van der Waals surface area contributed by atoms with E-state index in [9.17, 15) is 14.0 Å². The summed E-state index contributed by atoms with van der Waals surface area (Å²) in [6.07, 6.45) is -2.19. The third-order valence-corrected chi connectivity index (χ3v) is 3.82. The van der Waals surface area contributed by atoms with Crippen molar-refractivity contribution >= 4 is 34.9 Å². The van der Waals surface area contributed by atoms with Gasteiger partial charge in [0.25, 0.3) is 12.2 Å². The number of urea groups is 1. The van der Waals surface area contributed by atoms with Crippen molar-refractivity contribution in [3.05, 3.63) is 64.7 Å². The van der Waals surface area contributed by atoms with E-state index in [0.717, 1.165) is 4.90 Å². The average molecular weight is 346 g/mol. The van der Waals surface area contributed by atoms with E-state index in [2.05, 4.69) is 10.3 Å². The zero-order chi connectivity index (χ0) is 17.3. The van der Waals surface area contributed by atoms with Gasteiger partial charge in [0, 0.05) is 23.2 Å². The quantitative estimate of drug-likeness (QED) is 0.807. The van der Waals surface area contributed by atoms with Gasteiger partial charge >= 0.3 is 6.03 Å². The van der Waals surface area contributed by atoms with Gasteiger partial charge in [-0.2, -0.15) is 0 Å². The first-order chi connectivity index (χ1) is 11.5. The van der Waals surface area contributed by atoms with Gasteiger partial charge < -0.3 is 5.32 Å². The fraction of sp³-hybridized carbons (Fsp3) is 0.118. The summed E-state index contributed by atoms with van der Waals surface area (Å²) in [6.45, 7) is 0. The first-order valence-electron chi connectivity index (χ1n) is 7.16. The Balaban J connectivity index is 2.28. The Kier molecular flexibility index (Phi) is 4.31. The number of nitrogens with one attached hydrogen (secondary N) is 1. The van der Waals surface area contributed by atoms with Gasteiger partial charge in [-0.3, -0.25) is 4.79 Å². The zero-order valence-electron chi connectivity index (χ0n) is 12.7. The van der Waals surface area contributed by atoms with Crippen molar-refractivity contribution in [2.75, 3.05) is 11.9 Å². The van der Waals surface area contributed by atoms with Crippen LogP contribution in [0.5, 0.6) is 0 Å². The molecule has 3 amide bonds. The summed E-state index contributed by atoms with van der Waals surface area (Å²) in [6, 6.07) is 12.7. The van der Waals surface area contributed by atoms with E-state index in [0.29, 0.717) is 16.1 Å². The Labute approximate surface area is 142 Å². The standard InChI is InChI=1S/C17H13ClFN3O2/c1-20-17(24)22-13-8-7-11(18)9-12(13)14(21-15(19)16(22)23)10-5-3-2-4-6-10/h2-9,15H,1H3,(H,20,24). The minimum atomic E-state index is -2.19. The monoisotopic (exact) mass is 345 g/mol. The highest BCUT2D eigenvalue weighted by molar-refractivity contribution is 6.32. The third kappa shape index (κ3) is 2.76. The van der Waals surface area contributed by atoms with E-state index in [4.69, 9.17) is 11.6 Å².